The predicted octanol–water partition coefficient (Wildman–Crippen LogP) is 1.42. The molecule has 1 aromatic rings. The van der Waals surface area contributed by atoms with Crippen LogP contribution in [0.4, 0.5) is 0 Å². The molecule has 1 N–H and O–H groups in total. The van der Waals surface area contributed by atoms with E-state index in [1.54, 1.807) is 30.2 Å². The minimum absolute atomic E-state index is 0.0107. The molecule has 0 aliphatic heterocycles. The number of nitrogens with zero attached hydrogens (tertiary/aromatic N) is 1. The van der Waals surface area contributed by atoms with Gasteiger partial charge in [0.2, 0.25) is 5.91 Å². The highest BCUT2D eigenvalue weighted by Crippen LogP contribution is 2.17. The molecule has 1 rings (SSSR count). The summed E-state index contributed by atoms with van der Waals surface area (Å²) < 4.78 is 4.82. The number of hydrogen-bond donors (Lipinski definition) is 1. The molecular weight excluding hydrogens is 264 g/mol. The third kappa shape index (κ3) is 5.85. The van der Waals surface area contributed by atoms with Crippen LogP contribution in [0.25, 0.3) is 0 Å². The molecule has 0 saturated heterocycles. The summed E-state index contributed by atoms with van der Waals surface area (Å²) in [5, 5.41) is 4.87. The Balaban J connectivity index is 2.32. The predicted molar refractivity (Wildman–Crippen MR) is 75.0 cm³/mol. The van der Waals surface area contributed by atoms with Gasteiger partial charge in [-0.1, -0.05) is 6.07 Å². The number of carbonyl (C=O) groups is 2. The summed E-state index contributed by atoms with van der Waals surface area (Å²) in [6.45, 7) is 4.35. The highest BCUT2D eigenvalue weighted by molar-refractivity contribution is 7.10. The molecule has 0 bridgehead atoms. The quantitative estimate of drug-likeness (QED) is 0.769. The molecule has 0 fully saturated rings. The van der Waals surface area contributed by atoms with Crippen molar-refractivity contribution in [3.05, 3.63) is 22.4 Å². The van der Waals surface area contributed by atoms with E-state index in [0.29, 0.717) is 6.61 Å². The van der Waals surface area contributed by atoms with Gasteiger partial charge >= 0.3 is 5.97 Å². The van der Waals surface area contributed by atoms with Crippen molar-refractivity contribution >= 4 is 23.2 Å². The Bertz CT molecular complexity index is 406. The molecule has 6 heteroatoms. The van der Waals surface area contributed by atoms with Gasteiger partial charge < -0.3 is 10.1 Å². The molecule has 0 saturated carbocycles. The minimum atomic E-state index is -0.316. The van der Waals surface area contributed by atoms with E-state index in [1.807, 2.05) is 24.4 Å². The molecule has 1 unspecified atom stereocenters. The summed E-state index contributed by atoms with van der Waals surface area (Å²) in [6, 6.07) is 3.93. The van der Waals surface area contributed by atoms with E-state index in [2.05, 4.69) is 5.32 Å². The lowest BCUT2D eigenvalue weighted by atomic mass is 10.3. The number of nitrogens with one attached hydrogen (secondary N) is 1. The lowest BCUT2D eigenvalue weighted by molar-refractivity contribution is -0.144. The molecule has 1 amide bonds. The Morgan fingerprint density at radius 3 is 2.79 bits per heavy atom. The summed E-state index contributed by atoms with van der Waals surface area (Å²) in [5.74, 6) is -0.420. The molecule has 0 aromatic carbocycles. The van der Waals surface area contributed by atoms with Crippen LogP contribution in [0.15, 0.2) is 17.5 Å². The van der Waals surface area contributed by atoms with E-state index in [-0.39, 0.29) is 31.0 Å². The molecule has 1 atom stereocenters. The average molecular weight is 284 g/mol. The van der Waals surface area contributed by atoms with Crippen molar-refractivity contribution in [3.8, 4) is 0 Å². The van der Waals surface area contributed by atoms with E-state index in [4.69, 9.17) is 4.74 Å². The zero-order chi connectivity index (χ0) is 14.3. The van der Waals surface area contributed by atoms with Crippen LogP contribution in [0.1, 0.15) is 24.8 Å². The van der Waals surface area contributed by atoms with Crippen LogP contribution in [0.5, 0.6) is 0 Å². The highest BCUT2D eigenvalue weighted by Gasteiger charge is 2.14. The van der Waals surface area contributed by atoms with Crippen LogP contribution in [0, 0.1) is 0 Å². The molecule has 0 aliphatic carbocycles. The topological polar surface area (TPSA) is 58.6 Å². The minimum Gasteiger partial charge on any atom is -0.465 e. The number of esters is 1. The molecular formula is C13H20N2O3S. The molecule has 0 spiro atoms. The summed E-state index contributed by atoms with van der Waals surface area (Å²) in [6.07, 6.45) is 0. The van der Waals surface area contributed by atoms with Crippen LogP contribution in [-0.4, -0.2) is 43.5 Å². The lowest BCUT2D eigenvalue weighted by Crippen LogP contribution is -2.38. The van der Waals surface area contributed by atoms with Crippen LogP contribution in [0.2, 0.25) is 0 Å². The number of carbonyl (C=O) groups excluding carboxylic acids is 2. The molecule has 1 heterocycles. The van der Waals surface area contributed by atoms with Gasteiger partial charge in [0.15, 0.2) is 0 Å². The van der Waals surface area contributed by atoms with Crippen LogP contribution < -0.4 is 5.32 Å². The van der Waals surface area contributed by atoms with Crippen molar-refractivity contribution in [1.82, 2.24) is 10.2 Å². The first-order valence-corrected chi connectivity index (χ1v) is 7.07. The van der Waals surface area contributed by atoms with Crippen LogP contribution in [-0.2, 0) is 14.3 Å². The molecule has 19 heavy (non-hydrogen) atoms. The van der Waals surface area contributed by atoms with E-state index in [1.165, 1.54) is 0 Å². The Kier molecular flexibility index (Phi) is 6.52. The summed E-state index contributed by atoms with van der Waals surface area (Å²) in [7, 11) is 1.71. The third-order valence-corrected chi connectivity index (χ3v) is 3.52. The molecule has 106 valence electrons. The fourth-order valence-corrected chi connectivity index (χ4v) is 2.36. The molecule has 0 radical (unpaired) electrons. The van der Waals surface area contributed by atoms with E-state index >= 15 is 0 Å². The molecule has 1 aromatic heterocycles. The van der Waals surface area contributed by atoms with E-state index in [9.17, 15) is 9.59 Å². The average Bonchev–Trinajstić information content (AvgIpc) is 2.81. The largest absolute Gasteiger partial charge is 0.465 e. The first-order valence-electron chi connectivity index (χ1n) is 6.19. The van der Waals surface area contributed by atoms with Crippen molar-refractivity contribution in [3.63, 3.8) is 0 Å². The second kappa shape index (κ2) is 7.91. The van der Waals surface area contributed by atoms with E-state index in [0.717, 1.165) is 4.88 Å². The van der Waals surface area contributed by atoms with Crippen molar-refractivity contribution in [2.75, 3.05) is 26.7 Å². The van der Waals surface area contributed by atoms with Gasteiger partial charge in [-0.25, -0.2) is 0 Å². The van der Waals surface area contributed by atoms with Gasteiger partial charge in [0.25, 0.3) is 0 Å². The fourth-order valence-electron chi connectivity index (χ4n) is 1.62. The van der Waals surface area contributed by atoms with Gasteiger partial charge in [0, 0.05) is 4.88 Å². The second-order valence-corrected chi connectivity index (χ2v) is 5.26. The number of rotatable bonds is 7. The Morgan fingerprint density at radius 2 is 2.21 bits per heavy atom. The van der Waals surface area contributed by atoms with Crippen LogP contribution >= 0.6 is 11.3 Å². The number of likely N-dealkylation sites (N-methyl/N-ethyl adjacent to an activating group) is 1. The van der Waals surface area contributed by atoms with Crippen molar-refractivity contribution in [1.29, 1.82) is 0 Å². The monoisotopic (exact) mass is 284 g/mol. The van der Waals surface area contributed by atoms with Gasteiger partial charge in [-0.05, 0) is 32.3 Å². The number of thiophene rings is 1. The number of hydrogen-bond acceptors (Lipinski definition) is 5. The maximum atomic E-state index is 11.8. The van der Waals surface area contributed by atoms with Crippen molar-refractivity contribution in [2.24, 2.45) is 0 Å². The normalized spacial score (nSPS) is 12.2. The van der Waals surface area contributed by atoms with Gasteiger partial charge in [-0.2, -0.15) is 0 Å². The van der Waals surface area contributed by atoms with Crippen LogP contribution in [0.3, 0.4) is 0 Å². The highest BCUT2D eigenvalue weighted by atomic mass is 32.1. The summed E-state index contributed by atoms with van der Waals surface area (Å²) in [5.41, 5.74) is 0. The first-order chi connectivity index (χ1) is 9.02. The number of ether oxygens (including phenoxy) is 1. The zero-order valence-electron chi connectivity index (χ0n) is 11.5. The summed E-state index contributed by atoms with van der Waals surface area (Å²) >= 11 is 1.61. The van der Waals surface area contributed by atoms with Gasteiger partial charge in [0.1, 0.15) is 0 Å². The van der Waals surface area contributed by atoms with Gasteiger partial charge in [0.05, 0.1) is 25.7 Å². The number of amides is 1. The first kappa shape index (κ1) is 15.7. The third-order valence-electron chi connectivity index (χ3n) is 2.47. The summed E-state index contributed by atoms with van der Waals surface area (Å²) in [4.78, 5) is 25.8. The smallest absolute Gasteiger partial charge is 0.320 e. The standard InChI is InChI=1S/C13H20N2O3S/c1-4-18-13(17)9-15(3)8-12(16)14-10(2)11-6-5-7-19-11/h5-7,10H,4,8-9H2,1-3H3,(H,14,16). The van der Waals surface area contributed by atoms with E-state index < -0.39 is 0 Å². The second-order valence-electron chi connectivity index (χ2n) is 4.28. The maximum absolute atomic E-state index is 11.8. The van der Waals surface area contributed by atoms with Gasteiger partial charge in [-0.3, -0.25) is 14.5 Å². The SMILES string of the molecule is CCOC(=O)CN(C)CC(=O)NC(C)c1cccs1. The molecule has 5 nitrogen and oxygen atoms in total. The van der Waals surface area contributed by atoms with Crippen molar-refractivity contribution in [2.45, 2.75) is 19.9 Å². The fraction of sp³-hybridized carbons (Fsp3) is 0.538. The maximum Gasteiger partial charge on any atom is 0.320 e. The molecule has 0 aliphatic rings. The lowest BCUT2D eigenvalue weighted by Gasteiger charge is -2.17. The Morgan fingerprint density at radius 1 is 1.47 bits per heavy atom. The Hall–Kier alpha value is -1.40. The van der Waals surface area contributed by atoms with Gasteiger partial charge in [-0.15, -0.1) is 11.3 Å². The Labute approximate surface area is 117 Å². The van der Waals surface area contributed by atoms with Crippen molar-refractivity contribution < 1.29 is 14.3 Å². The zero-order valence-corrected chi connectivity index (χ0v) is 12.3.